The summed E-state index contributed by atoms with van der Waals surface area (Å²) < 4.78 is 5.61. The van der Waals surface area contributed by atoms with Crippen molar-refractivity contribution in [1.82, 2.24) is 4.90 Å². The van der Waals surface area contributed by atoms with Gasteiger partial charge in [-0.1, -0.05) is 18.2 Å². The first kappa shape index (κ1) is 18.3. The van der Waals surface area contributed by atoms with E-state index in [-0.39, 0.29) is 36.8 Å². The number of hydrogen-bond donors (Lipinski definition) is 3. The fourth-order valence-electron chi connectivity index (χ4n) is 5.57. The van der Waals surface area contributed by atoms with Crippen molar-refractivity contribution < 1.29 is 29.2 Å². The quantitative estimate of drug-likeness (QED) is 0.526. The van der Waals surface area contributed by atoms with E-state index in [4.69, 9.17) is 10.5 Å². The molecule has 1 spiro atoms. The SMILES string of the molecule is NC(=O)C[C@@H]1[NH2+][C@@]2(C(=O)Nc3ccccc32)[C@H]2C(=O)N(C[C@H]3CCCO3)C(=O)[C@@H]12. The zero-order chi connectivity index (χ0) is 20.3. The second kappa shape index (κ2) is 6.36. The Hall–Kier alpha value is -2.78. The first-order valence-corrected chi connectivity index (χ1v) is 9.95. The van der Waals surface area contributed by atoms with Crippen LogP contribution in [0.4, 0.5) is 5.69 Å². The number of amides is 4. The summed E-state index contributed by atoms with van der Waals surface area (Å²) in [6, 6.07) is 6.61. The molecule has 1 aromatic rings. The number of quaternary nitrogens is 1. The first-order chi connectivity index (χ1) is 13.9. The molecule has 4 aliphatic heterocycles. The molecule has 0 bridgehead atoms. The van der Waals surface area contributed by atoms with Gasteiger partial charge in [-0.2, -0.15) is 0 Å². The number of carbonyl (C=O) groups is 4. The number of benzene rings is 1. The van der Waals surface area contributed by atoms with E-state index in [2.05, 4.69) is 5.32 Å². The Balaban J connectivity index is 1.58. The fraction of sp³-hybridized carbons (Fsp3) is 0.500. The lowest BCUT2D eigenvalue weighted by molar-refractivity contribution is -0.732. The number of carbonyl (C=O) groups excluding carboxylic acids is 4. The van der Waals surface area contributed by atoms with E-state index in [1.807, 2.05) is 0 Å². The van der Waals surface area contributed by atoms with Crippen LogP contribution >= 0.6 is 0 Å². The van der Waals surface area contributed by atoms with E-state index >= 15 is 0 Å². The van der Waals surface area contributed by atoms with Crippen molar-refractivity contribution in [2.45, 2.75) is 36.9 Å². The molecule has 5 rings (SSSR count). The number of nitrogens with two attached hydrogens (primary N) is 2. The molecule has 29 heavy (non-hydrogen) atoms. The lowest BCUT2D eigenvalue weighted by Crippen LogP contribution is -2.99. The molecule has 0 aliphatic carbocycles. The van der Waals surface area contributed by atoms with Crippen molar-refractivity contribution in [3.63, 3.8) is 0 Å². The molecule has 0 unspecified atom stereocenters. The van der Waals surface area contributed by atoms with Crippen molar-refractivity contribution in [2.75, 3.05) is 18.5 Å². The number of anilines is 1. The van der Waals surface area contributed by atoms with E-state index in [1.54, 1.807) is 29.6 Å². The van der Waals surface area contributed by atoms with E-state index in [1.165, 1.54) is 4.90 Å². The van der Waals surface area contributed by atoms with Crippen LogP contribution in [0.5, 0.6) is 0 Å². The van der Waals surface area contributed by atoms with Gasteiger partial charge in [0.25, 0.3) is 5.91 Å². The molecule has 4 amide bonds. The summed E-state index contributed by atoms with van der Waals surface area (Å²) in [5.41, 5.74) is 5.47. The average Bonchev–Trinajstić information content (AvgIpc) is 3.41. The number of nitrogens with zero attached hydrogens (tertiary/aromatic N) is 1. The number of fused-ring (bicyclic) bond motifs is 4. The monoisotopic (exact) mass is 399 g/mol. The lowest BCUT2D eigenvalue weighted by atomic mass is 9.76. The highest BCUT2D eigenvalue weighted by Gasteiger charge is 2.74. The van der Waals surface area contributed by atoms with E-state index in [9.17, 15) is 19.2 Å². The molecular weight excluding hydrogens is 376 g/mol. The standard InChI is InChI=1S/C20H22N4O5/c21-14(25)8-13-15-16(18(27)24(17(15)26)9-10-4-3-7-29-10)20(23-13)11-5-1-2-6-12(11)22-19(20)28/h1-2,5-6,10,13,15-16,23H,3-4,7-9H2,(H2,21,25)(H,22,28)/p+1/t10-,13+,15+,16-,20-/m1/s1. The Morgan fingerprint density at radius 2 is 2.07 bits per heavy atom. The molecule has 3 fully saturated rings. The third-order valence-corrected chi connectivity index (χ3v) is 6.71. The van der Waals surface area contributed by atoms with Gasteiger partial charge in [0.15, 0.2) is 0 Å². The third-order valence-electron chi connectivity index (χ3n) is 6.71. The molecule has 4 aliphatic rings. The largest absolute Gasteiger partial charge is 0.376 e. The van der Waals surface area contributed by atoms with Gasteiger partial charge in [0.2, 0.25) is 23.3 Å². The minimum Gasteiger partial charge on any atom is -0.376 e. The van der Waals surface area contributed by atoms with Crippen LogP contribution in [0.25, 0.3) is 0 Å². The Morgan fingerprint density at radius 3 is 2.79 bits per heavy atom. The summed E-state index contributed by atoms with van der Waals surface area (Å²) in [5, 5.41) is 4.56. The zero-order valence-electron chi connectivity index (χ0n) is 15.8. The van der Waals surface area contributed by atoms with Crippen LogP contribution < -0.4 is 16.4 Å². The Kier molecular flexibility index (Phi) is 4.01. The number of rotatable bonds is 4. The summed E-state index contributed by atoms with van der Waals surface area (Å²) in [7, 11) is 0. The van der Waals surface area contributed by atoms with Gasteiger partial charge in [0, 0.05) is 12.2 Å². The summed E-state index contributed by atoms with van der Waals surface area (Å²) in [4.78, 5) is 52.8. The molecule has 4 heterocycles. The molecule has 0 aromatic heterocycles. The Labute approximate surface area is 166 Å². The van der Waals surface area contributed by atoms with Gasteiger partial charge < -0.3 is 21.1 Å². The van der Waals surface area contributed by atoms with Crippen LogP contribution in [0.15, 0.2) is 24.3 Å². The molecule has 0 radical (unpaired) electrons. The van der Waals surface area contributed by atoms with Crippen molar-refractivity contribution in [2.24, 2.45) is 17.6 Å². The highest BCUT2D eigenvalue weighted by atomic mass is 16.5. The maximum atomic E-state index is 13.5. The van der Waals surface area contributed by atoms with E-state index < -0.39 is 29.3 Å². The molecule has 5 atom stereocenters. The molecule has 1 aromatic carbocycles. The van der Waals surface area contributed by atoms with Crippen molar-refractivity contribution >= 4 is 29.3 Å². The van der Waals surface area contributed by atoms with E-state index in [0.717, 1.165) is 12.8 Å². The average molecular weight is 399 g/mol. The number of likely N-dealkylation sites (tertiary alicyclic amines) is 1. The lowest BCUT2D eigenvalue weighted by Gasteiger charge is -2.27. The maximum Gasteiger partial charge on any atom is 0.291 e. The minimum atomic E-state index is -1.26. The highest BCUT2D eigenvalue weighted by molar-refractivity contribution is 6.14. The van der Waals surface area contributed by atoms with Gasteiger partial charge in [-0.25, -0.2) is 0 Å². The van der Waals surface area contributed by atoms with Crippen LogP contribution in [-0.4, -0.2) is 53.8 Å². The van der Waals surface area contributed by atoms with E-state index in [0.29, 0.717) is 17.9 Å². The van der Waals surface area contributed by atoms with Crippen LogP contribution in [0.2, 0.25) is 0 Å². The van der Waals surface area contributed by atoms with Crippen LogP contribution in [0.1, 0.15) is 24.8 Å². The fourth-order valence-corrected chi connectivity index (χ4v) is 5.57. The van der Waals surface area contributed by atoms with Crippen LogP contribution in [0.3, 0.4) is 0 Å². The first-order valence-electron chi connectivity index (χ1n) is 9.95. The predicted molar refractivity (Wildman–Crippen MR) is 98.9 cm³/mol. The summed E-state index contributed by atoms with van der Waals surface area (Å²) in [5.74, 6) is -3.25. The second-order valence-electron chi connectivity index (χ2n) is 8.30. The number of hydrogen-bond acceptors (Lipinski definition) is 5. The van der Waals surface area contributed by atoms with Gasteiger partial charge in [-0.3, -0.25) is 24.1 Å². The zero-order valence-corrected chi connectivity index (χ0v) is 15.8. The number of nitrogens with one attached hydrogen (secondary N) is 1. The van der Waals surface area contributed by atoms with Gasteiger partial charge in [0.1, 0.15) is 17.9 Å². The van der Waals surface area contributed by atoms with Crippen molar-refractivity contribution in [3.8, 4) is 0 Å². The molecule has 5 N–H and O–H groups in total. The smallest absolute Gasteiger partial charge is 0.291 e. The topological polar surface area (TPSA) is 135 Å². The minimum absolute atomic E-state index is 0.0782. The molecule has 9 nitrogen and oxygen atoms in total. The van der Waals surface area contributed by atoms with Crippen molar-refractivity contribution in [1.29, 1.82) is 0 Å². The van der Waals surface area contributed by atoms with Gasteiger partial charge in [0.05, 0.1) is 24.8 Å². The summed E-state index contributed by atoms with van der Waals surface area (Å²) in [6.07, 6.45) is 1.43. The second-order valence-corrected chi connectivity index (χ2v) is 8.30. The number of ether oxygens (including phenoxy) is 1. The molecular formula is C20H23N4O5+. The van der Waals surface area contributed by atoms with Gasteiger partial charge >= 0.3 is 0 Å². The Bertz CT molecular complexity index is 927. The third kappa shape index (κ3) is 2.47. The molecule has 3 saturated heterocycles. The molecule has 9 heteroatoms. The van der Waals surface area contributed by atoms with Gasteiger partial charge in [-0.15, -0.1) is 0 Å². The maximum absolute atomic E-state index is 13.5. The normalized spacial score (nSPS) is 35.3. The predicted octanol–water partition coefficient (Wildman–Crippen LogP) is -1.56. The van der Waals surface area contributed by atoms with Crippen LogP contribution in [-0.2, 0) is 29.5 Å². The summed E-state index contributed by atoms with van der Waals surface area (Å²) in [6.45, 7) is 0.804. The van der Waals surface area contributed by atoms with Crippen molar-refractivity contribution in [3.05, 3.63) is 29.8 Å². The number of para-hydroxylation sites is 1. The Morgan fingerprint density at radius 1 is 1.28 bits per heavy atom. The highest BCUT2D eigenvalue weighted by Crippen LogP contribution is 2.49. The number of primary amides is 1. The van der Waals surface area contributed by atoms with Gasteiger partial charge in [-0.05, 0) is 18.9 Å². The number of imide groups is 1. The molecule has 0 saturated carbocycles. The molecule has 152 valence electrons. The summed E-state index contributed by atoms with van der Waals surface area (Å²) >= 11 is 0. The van der Waals surface area contributed by atoms with Crippen LogP contribution in [0, 0.1) is 11.8 Å².